The van der Waals surface area contributed by atoms with Crippen LogP contribution >= 0.6 is 23.2 Å². The number of rotatable bonds is 1. The predicted molar refractivity (Wildman–Crippen MR) is 116 cm³/mol. The van der Waals surface area contributed by atoms with E-state index in [0.29, 0.717) is 29.2 Å². The number of likely N-dealkylation sites (tertiary alicyclic amines) is 1. The van der Waals surface area contributed by atoms with Gasteiger partial charge in [0.25, 0.3) is 0 Å². The number of halogens is 2. The van der Waals surface area contributed by atoms with Gasteiger partial charge < -0.3 is 14.2 Å². The lowest BCUT2D eigenvalue weighted by atomic mass is 10.0. The van der Waals surface area contributed by atoms with Gasteiger partial charge in [0.15, 0.2) is 0 Å². The third-order valence-electron chi connectivity index (χ3n) is 5.21. The molecule has 0 saturated carbocycles. The lowest BCUT2D eigenvalue weighted by Crippen LogP contribution is -2.42. The van der Waals surface area contributed by atoms with E-state index in [1.54, 1.807) is 0 Å². The number of amides is 1. The van der Waals surface area contributed by atoms with Crippen molar-refractivity contribution >= 4 is 51.1 Å². The van der Waals surface area contributed by atoms with Crippen molar-refractivity contribution in [2.24, 2.45) is 0 Å². The maximum Gasteiger partial charge on any atom is 0.410 e. The molecule has 4 nitrogen and oxygen atoms in total. The minimum atomic E-state index is -0.473. The molecule has 0 bridgehead atoms. The summed E-state index contributed by atoms with van der Waals surface area (Å²) in [5, 5.41) is 3.65. The number of piperidine rings is 1. The van der Waals surface area contributed by atoms with Gasteiger partial charge in [-0.2, -0.15) is 0 Å². The van der Waals surface area contributed by atoms with Gasteiger partial charge in [0.2, 0.25) is 0 Å². The minimum absolute atomic E-state index is 0.230. The van der Waals surface area contributed by atoms with E-state index in [1.165, 1.54) is 0 Å². The van der Waals surface area contributed by atoms with Crippen LogP contribution in [0, 0.1) is 0 Å². The molecule has 1 aromatic heterocycles. The van der Waals surface area contributed by atoms with Crippen molar-refractivity contribution in [1.29, 1.82) is 0 Å². The Bertz CT molecular complexity index is 985. The van der Waals surface area contributed by atoms with Crippen molar-refractivity contribution in [3.05, 3.63) is 46.4 Å². The summed E-state index contributed by atoms with van der Waals surface area (Å²) in [6.07, 6.45) is 1.53. The van der Waals surface area contributed by atoms with Gasteiger partial charge in [-0.05, 0) is 70.0 Å². The Morgan fingerprint density at radius 1 is 0.964 bits per heavy atom. The monoisotopic (exact) mass is 418 g/mol. The van der Waals surface area contributed by atoms with Crippen LogP contribution < -0.4 is 0 Å². The number of hydrogen-bond acceptors (Lipinski definition) is 2. The van der Waals surface area contributed by atoms with Crippen LogP contribution in [0.5, 0.6) is 0 Å². The maximum absolute atomic E-state index is 12.4. The van der Waals surface area contributed by atoms with Gasteiger partial charge in [0, 0.05) is 51.0 Å². The van der Waals surface area contributed by atoms with Gasteiger partial charge in [-0.1, -0.05) is 23.2 Å². The summed E-state index contributed by atoms with van der Waals surface area (Å²) in [5.41, 5.74) is 1.83. The number of benzene rings is 2. The second-order valence-electron chi connectivity index (χ2n) is 8.39. The van der Waals surface area contributed by atoms with E-state index in [9.17, 15) is 4.79 Å². The Kier molecular flexibility index (Phi) is 4.96. The van der Waals surface area contributed by atoms with E-state index < -0.39 is 5.60 Å². The first-order valence-electron chi connectivity index (χ1n) is 9.59. The first-order chi connectivity index (χ1) is 13.2. The van der Waals surface area contributed by atoms with E-state index in [1.807, 2.05) is 49.9 Å². The number of aromatic nitrogens is 1. The van der Waals surface area contributed by atoms with Crippen molar-refractivity contribution in [1.82, 2.24) is 9.47 Å². The summed E-state index contributed by atoms with van der Waals surface area (Å²) < 4.78 is 7.90. The first-order valence-corrected chi connectivity index (χ1v) is 10.4. The van der Waals surface area contributed by atoms with Gasteiger partial charge in [0.05, 0.1) is 0 Å². The molecule has 0 radical (unpaired) electrons. The molecule has 1 saturated heterocycles. The van der Waals surface area contributed by atoms with Crippen molar-refractivity contribution in [2.45, 2.75) is 45.3 Å². The van der Waals surface area contributed by atoms with Crippen molar-refractivity contribution in [3.8, 4) is 0 Å². The molecule has 3 aromatic rings. The van der Waals surface area contributed by atoms with Crippen LogP contribution in [-0.2, 0) is 4.74 Å². The molecule has 0 unspecified atom stereocenters. The van der Waals surface area contributed by atoms with Crippen molar-refractivity contribution < 1.29 is 9.53 Å². The predicted octanol–water partition coefficient (Wildman–Crippen LogP) is 6.67. The molecule has 1 fully saturated rings. The highest BCUT2D eigenvalue weighted by atomic mass is 35.5. The molecule has 4 rings (SSSR count). The molecule has 148 valence electrons. The van der Waals surface area contributed by atoms with Crippen molar-refractivity contribution in [3.63, 3.8) is 0 Å². The van der Waals surface area contributed by atoms with E-state index in [4.69, 9.17) is 27.9 Å². The molecule has 0 N–H and O–H groups in total. The standard InChI is InChI=1S/C22H24Cl2N2O2/c1-22(2,3)28-21(27)25-10-8-16(9-11-25)26-19-6-4-14(23)12-17(19)18-13-15(24)5-7-20(18)26/h4-7,12-13,16H,8-11H2,1-3H3. The quantitative estimate of drug-likeness (QED) is 0.441. The highest BCUT2D eigenvalue weighted by Gasteiger charge is 2.29. The topological polar surface area (TPSA) is 34.5 Å². The molecule has 1 aliphatic rings. The summed E-state index contributed by atoms with van der Waals surface area (Å²) in [7, 11) is 0. The largest absolute Gasteiger partial charge is 0.444 e. The molecule has 2 aromatic carbocycles. The summed E-state index contributed by atoms with van der Waals surface area (Å²) >= 11 is 12.5. The smallest absolute Gasteiger partial charge is 0.410 e. The third kappa shape index (κ3) is 3.68. The zero-order valence-corrected chi connectivity index (χ0v) is 17.8. The first kappa shape index (κ1) is 19.4. The van der Waals surface area contributed by atoms with Crippen LogP contribution in [0.25, 0.3) is 21.8 Å². The Morgan fingerprint density at radius 2 is 1.46 bits per heavy atom. The highest BCUT2D eigenvalue weighted by Crippen LogP contribution is 2.37. The molecule has 6 heteroatoms. The Morgan fingerprint density at radius 3 is 1.93 bits per heavy atom. The zero-order valence-electron chi connectivity index (χ0n) is 16.3. The van der Waals surface area contributed by atoms with Crippen molar-refractivity contribution in [2.75, 3.05) is 13.1 Å². The van der Waals surface area contributed by atoms with Crippen LogP contribution in [0.1, 0.15) is 39.7 Å². The second-order valence-corrected chi connectivity index (χ2v) is 9.26. The normalized spacial score (nSPS) is 16.1. The molecule has 28 heavy (non-hydrogen) atoms. The van der Waals surface area contributed by atoms with Gasteiger partial charge in [-0.3, -0.25) is 0 Å². The average molecular weight is 419 g/mol. The van der Waals surface area contributed by atoms with Crippen LogP contribution in [0.3, 0.4) is 0 Å². The van der Waals surface area contributed by atoms with E-state index >= 15 is 0 Å². The maximum atomic E-state index is 12.4. The van der Waals surface area contributed by atoms with Gasteiger partial charge in [-0.15, -0.1) is 0 Å². The number of carbonyl (C=O) groups is 1. The van der Waals surface area contributed by atoms with Gasteiger partial charge in [-0.25, -0.2) is 4.79 Å². The minimum Gasteiger partial charge on any atom is -0.444 e. The van der Waals surface area contributed by atoms with Crippen LogP contribution in [0.15, 0.2) is 36.4 Å². The zero-order chi connectivity index (χ0) is 20.1. The van der Waals surface area contributed by atoms with Gasteiger partial charge >= 0.3 is 6.09 Å². The summed E-state index contributed by atoms with van der Waals surface area (Å²) in [5.74, 6) is 0. The summed E-state index contributed by atoms with van der Waals surface area (Å²) in [4.78, 5) is 14.2. The van der Waals surface area contributed by atoms with E-state index in [0.717, 1.165) is 34.6 Å². The van der Waals surface area contributed by atoms with E-state index in [2.05, 4.69) is 16.7 Å². The summed E-state index contributed by atoms with van der Waals surface area (Å²) in [6, 6.07) is 12.3. The fourth-order valence-corrected chi connectivity index (χ4v) is 4.37. The molecular weight excluding hydrogens is 395 g/mol. The highest BCUT2D eigenvalue weighted by molar-refractivity contribution is 6.33. The molecule has 0 spiro atoms. The number of ether oxygens (including phenoxy) is 1. The number of carbonyl (C=O) groups excluding carboxylic acids is 1. The Hall–Kier alpha value is -1.91. The lowest BCUT2D eigenvalue weighted by molar-refractivity contribution is 0.0191. The number of hydrogen-bond donors (Lipinski definition) is 0. The lowest BCUT2D eigenvalue weighted by Gasteiger charge is -2.34. The molecule has 0 aliphatic carbocycles. The fourth-order valence-electron chi connectivity index (χ4n) is 4.02. The molecule has 2 heterocycles. The SMILES string of the molecule is CC(C)(C)OC(=O)N1CCC(n2c3ccc(Cl)cc3c3cc(Cl)ccc32)CC1. The Balaban J connectivity index is 1.66. The molecule has 0 atom stereocenters. The molecular formula is C22H24Cl2N2O2. The third-order valence-corrected chi connectivity index (χ3v) is 5.68. The van der Waals surface area contributed by atoms with Crippen LogP contribution in [0.4, 0.5) is 4.79 Å². The number of fused-ring (bicyclic) bond motifs is 3. The average Bonchev–Trinajstić information content (AvgIpc) is 2.93. The van der Waals surface area contributed by atoms with Crippen LogP contribution in [-0.4, -0.2) is 34.3 Å². The van der Waals surface area contributed by atoms with Crippen LogP contribution in [0.2, 0.25) is 10.0 Å². The molecule has 1 amide bonds. The summed E-state index contributed by atoms with van der Waals surface area (Å²) in [6.45, 7) is 7.05. The van der Waals surface area contributed by atoms with E-state index in [-0.39, 0.29) is 6.09 Å². The van der Waals surface area contributed by atoms with Gasteiger partial charge in [0.1, 0.15) is 5.60 Å². The number of nitrogens with zero attached hydrogens (tertiary/aromatic N) is 2. The molecule has 1 aliphatic heterocycles. The Labute approximate surface area is 174 Å². The fraction of sp³-hybridized carbons (Fsp3) is 0.409. The second kappa shape index (κ2) is 7.16.